The summed E-state index contributed by atoms with van der Waals surface area (Å²) in [6.45, 7) is 0.203. The molecular weight excluding hydrogens is 296 g/mol. The Morgan fingerprint density at radius 3 is 2.65 bits per heavy atom. The predicted octanol–water partition coefficient (Wildman–Crippen LogP) is 2.28. The number of nitrogens with zero attached hydrogens (tertiary/aromatic N) is 1. The molecule has 0 aliphatic rings. The molecule has 0 radical (unpaired) electrons. The van der Waals surface area contributed by atoms with E-state index in [4.69, 9.17) is 14.6 Å². The van der Waals surface area contributed by atoms with Crippen LogP contribution in [0.1, 0.15) is 11.1 Å². The van der Waals surface area contributed by atoms with Crippen LogP contribution < -0.4 is 14.9 Å². The van der Waals surface area contributed by atoms with Crippen molar-refractivity contribution >= 4 is 12.2 Å². The molecule has 120 valence electrons. The number of hydrazone groups is 1. The Bertz CT molecular complexity index is 669. The maximum Gasteiger partial charge on any atom is 0.341 e. The number of carboxylic acid groups (broad SMARTS) is 1. The van der Waals surface area contributed by atoms with E-state index in [0.29, 0.717) is 12.3 Å². The Balaban J connectivity index is 1.84. The number of benzene rings is 2. The monoisotopic (exact) mass is 314 g/mol. The molecule has 2 aromatic rings. The normalized spacial score (nSPS) is 10.5. The summed E-state index contributed by atoms with van der Waals surface area (Å²) in [6.07, 6.45) is 1.68. The van der Waals surface area contributed by atoms with Crippen LogP contribution in [0.3, 0.4) is 0 Å². The van der Waals surface area contributed by atoms with Crippen LogP contribution in [0.4, 0.5) is 0 Å². The number of para-hydroxylation sites is 1. The predicted molar refractivity (Wildman–Crippen MR) is 87.0 cm³/mol. The zero-order valence-corrected chi connectivity index (χ0v) is 12.7. The third-order valence-corrected chi connectivity index (χ3v) is 3.01. The van der Waals surface area contributed by atoms with Crippen molar-refractivity contribution in [1.82, 2.24) is 5.43 Å². The third kappa shape index (κ3) is 5.35. The van der Waals surface area contributed by atoms with Crippen molar-refractivity contribution in [1.29, 1.82) is 0 Å². The quantitative estimate of drug-likeness (QED) is 0.577. The molecule has 0 heterocycles. The van der Waals surface area contributed by atoms with Crippen LogP contribution in [0.15, 0.2) is 53.6 Å². The lowest BCUT2D eigenvalue weighted by Crippen LogP contribution is -2.09. The molecule has 0 aliphatic heterocycles. The summed E-state index contributed by atoms with van der Waals surface area (Å²) in [6, 6.07) is 14.7. The molecule has 2 aromatic carbocycles. The molecule has 0 amide bonds. The summed E-state index contributed by atoms with van der Waals surface area (Å²) in [7, 11) is 1.64. The molecular formula is C17H18N2O4. The molecule has 0 atom stereocenters. The van der Waals surface area contributed by atoms with Gasteiger partial charge in [-0.3, -0.25) is 0 Å². The van der Waals surface area contributed by atoms with Crippen LogP contribution in [0.2, 0.25) is 0 Å². The van der Waals surface area contributed by atoms with Crippen molar-refractivity contribution in [2.24, 2.45) is 5.10 Å². The van der Waals surface area contributed by atoms with Gasteiger partial charge in [0.1, 0.15) is 11.5 Å². The van der Waals surface area contributed by atoms with Crippen LogP contribution in [-0.2, 0) is 11.3 Å². The van der Waals surface area contributed by atoms with Crippen molar-refractivity contribution in [2.45, 2.75) is 6.54 Å². The minimum atomic E-state index is -1.00. The molecule has 0 fully saturated rings. The van der Waals surface area contributed by atoms with E-state index in [-0.39, 0.29) is 6.61 Å². The molecule has 23 heavy (non-hydrogen) atoms. The zero-order valence-electron chi connectivity index (χ0n) is 12.7. The first-order chi connectivity index (χ1) is 11.2. The average Bonchev–Trinajstić information content (AvgIpc) is 2.58. The Hall–Kier alpha value is -3.02. The van der Waals surface area contributed by atoms with Crippen LogP contribution in [-0.4, -0.2) is 31.0 Å². The largest absolute Gasteiger partial charge is 0.496 e. The summed E-state index contributed by atoms with van der Waals surface area (Å²) in [5.41, 5.74) is 4.85. The first-order valence-electron chi connectivity index (χ1n) is 7.01. The van der Waals surface area contributed by atoms with Gasteiger partial charge in [-0.05, 0) is 35.9 Å². The third-order valence-electron chi connectivity index (χ3n) is 3.01. The maximum atomic E-state index is 10.4. The highest BCUT2D eigenvalue weighted by Crippen LogP contribution is 2.16. The number of ether oxygens (including phenoxy) is 2. The van der Waals surface area contributed by atoms with Crippen molar-refractivity contribution < 1.29 is 19.4 Å². The summed E-state index contributed by atoms with van der Waals surface area (Å²) in [5, 5.41) is 12.7. The molecule has 0 saturated heterocycles. The van der Waals surface area contributed by atoms with E-state index in [9.17, 15) is 4.79 Å². The first-order valence-corrected chi connectivity index (χ1v) is 7.01. The molecule has 0 saturated carbocycles. The van der Waals surface area contributed by atoms with E-state index in [1.165, 1.54) is 0 Å². The molecule has 6 nitrogen and oxygen atoms in total. The first kappa shape index (κ1) is 16.4. The standard InChI is InChI=1S/C17H18N2O4/c1-22-16-5-3-2-4-14(16)11-19-18-10-13-6-8-15(9-7-13)23-12-17(20)21/h2-10,19H,11-12H2,1H3,(H,20,21)/b18-10-. The van der Waals surface area contributed by atoms with Crippen LogP contribution >= 0.6 is 0 Å². The number of aliphatic carboxylic acids is 1. The van der Waals surface area contributed by atoms with Gasteiger partial charge in [0.25, 0.3) is 0 Å². The number of methoxy groups -OCH3 is 1. The van der Waals surface area contributed by atoms with Gasteiger partial charge in [-0.25, -0.2) is 4.79 Å². The van der Waals surface area contributed by atoms with Crippen molar-refractivity contribution in [2.75, 3.05) is 13.7 Å². The van der Waals surface area contributed by atoms with E-state index in [1.807, 2.05) is 24.3 Å². The molecule has 0 aromatic heterocycles. The van der Waals surface area contributed by atoms with Gasteiger partial charge < -0.3 is 20.0 Å². The van der Waals surface area contributed by atoms with Gasteiger partial charge in [-0.15, -0.1) is 0 Å². The number of nitrogens with one attached hydrogen (secondary N) is 1. The Morgan fingerprint density at radius 2 is 1.96 bits per heavy atom. The lowest BCUT2D eigenvalue weighted by Gasteiger charge is -2.07. The molecule has 6 heteroatoms. The second kappa shape index (κ2) is 8.43. The van der Waals surface area contributed by atoms with Gasteiger partial charge >= 0.3 is 5.97 Å². The van der Waals surface area contributed by atoms with Gasteiger partial charge in [0.15, 0.2) is 6.61 Å². The van der Waals surface area contributed by atoms with Crippen molar-refractivity contribution in [3.8, 4) is 11.5 Å². The number of rotatable bonds is 8. The Labute approximate surface area is 134 Å². The van der Waals surface area contributed by atoms with Crippen molar-refractivity contribution in [3.05, 3.63) is 59.7 Å². The van der Waals surface area contributed by atoms with Gasteiger partial charge in [-0.2, -0.15) is 5.10 Å². The zero-order chi connectivity index (χ0) is 16.5. The summed E-state index contributed by atoms with van der Waals surface area (Å²) >= 11 is 0. The van der Waals surface area contributed by atoms with Gasteiger partial charge in [0.2, 0.25) is 0 Å². The topological polar surface area (TPSA) is 80.1 Å². The average molecular weight is 314 g/mol. The second-order valence-corrected chi connectivity index (χ2v) is 4.66. The Morgan fingerprint density at radius 1 is 1.22 bits per heavy atom. The molecule has 0 unspecified atom stereocenters. The maximum absolute atomic E-state index is 10.4. The highest BCUT2D eigenvalue weighted by molar-refractivity contribution is 5.79. The molecule has 2 rings (SSSR count). The summed E-state index contributed by atoms with van der Waals surface area (Å²) in [5.74, 6) is 0.317. The number of hydrogen-bond acceptors (Lipinski definition) is 5. The number of carboxylic acids is 1. The minimum Gasteiger partial charge on any atom is -0.496 e. The summed E-state index contributed by atoms with van der Waals surface area (Å²) in [4.78, 5) is 10.4. The fourth-order valence-electron chi connectivity index (χ4n) is 1.90. The smallest absolute Gasteiger partial charge is 0.341 e. The van der Waals surface area contributed by atoms with E-state index < -0.39 is 5.97 Å². The van der Waals surface area contributed by atoms with E-state index >= 15 is 0 Å². The van der Waals surface area contributed by atoms with Gasteiger partial charge in [-0.1, -0.05) is 18.2 Å². The molecule has 2 N–H and O–H groups in total. The highest BCUT2D eigenvalue weighted by atomic mass is 16.5. The second-order valence-electron chi connectivity index (χ2n) is 4.66. The lowest BCUT2D eigenvalue weighted by molar-refractivity contribution is -0.139. The van der Waals surface area contributed by atoms with Gasteiger partial charge in [0, 0.05) is 5.56 Å². The number of hydrogen-bond donors (Lipinski definition) is 2. The Kier molecular flexibility index (Phi) is 5.99. The fraction of sp³-hybridized carbons (Fsp3) is 0.176. The number of carbonyl (C=O) groups is 1. The minimum absolute atomic E-state index is 0.353. The van der Waals surface area contributed by atoms with E-state index in [2.05, 4.69) is 10.5 Å². The van der Waals surface area contributed by atoms with E-state index in [0.717, 1.165) is 16.9 Å². The molecule has 0 bridgehead atoms. The highest BCUT2D eigenvalue weighted by Gasteiger charge is 2.00. The van der Waals surface area contributed by atoms with Crippen LogP contribution in [0.25, 0.3) is 0 Å². The van der Waals surface area contributed by atoms with Crippen molar-refractivity contribution in [3.63, 3.8) is 0 Å². The van der Waals surface area contributed by atoms with Crippen LogP contribution in [0, 0.1) is 0 Å². The lowest BCUT2D eigenvalue weighted by atomic mass is 10.2. The SMILES string of the molecule is COc1ccccc1CN/N=C\c1ccc(OCC(=O)O)cc1. The van der Waals surface area contributed by atoms with Crippen LogP contribution in [0.5, 0.6) is 11.5 Å². The molecule has 0 spiro atoms. The van der Waals surface area contributed by atoms with Gasteiger partial charge in [0.05, 0.1) is 19.9 Å². The molecule has 0 aliphatic carbocycles. The summed E-state index contributed by atoms with van der Waals surface area (Å²) < 4.78 is 10.3. The fourth-order valence-corrected chi connectivity index (χ4v) is 1.90. The van der Waals surface area contributed by atoms with E-state index in [1.54, 1.807) is 37.6 Å².